The summed E-state index contributed by atoms with van der Waals surface area (Å²) in [5.74, 6) is 3.80. The molecule has 0 saturated heterocycles. The molecule has 0 N–H and O–H groups in total. The van der Waals surface area contributed by atoms with Gasteiger partial charge >= 0.3 is 0 Å². The maximum Gasteiger partial charge on any atom is 0.207 e. The standard InChI is InChI=1S/C16H24N2O/c1-14(2)15(3)10-8-6-5-7-9(8)13-12(11(10)15)16(14,4)18(19)17-13/h8-13H,5-7H2,1-4H3/t8?,9-,10?,11+,12?,13-,15?,16-/m1/s1. The van der Waals surface area contributed by atoms with E-state index in [-0.39, 0.29) is 11.0 Å². The Morgan fingerprint density at radius 2 is 1.68 bits per heavy atom. The third-order valence-corrected chi connectivity index (χ3v) is 8.84. The zero-order chi connectivity index (χ0) is 13.4. The van der Waals surface area contributed by atoms with E-state index < -0.39 is 0 Å². The van der Waals surface area contributed by atoms with Gasteiger partial charge in [-0.1, -0.05) is 32.1 Å². The summed E-state index contributed by atoms with van der Waals surface area (Å²) in [4.78, 5) is 1.15. The van der Waals surface area contributed by atoms with Gasteiger partial charge in [0.1, 0.15) is 6.04 Å². The molecule has 1 heterocycles. The van der Waals surface area contributed by atoms with E-state index in [2.05, 4.69) is 32.8 Å². The molecular weight excluding hydrogens is 236 g/mol. The summed E-state index contributed by atoms with van der Waals surface area (Å²) in [6.07, 6.45) is 4.08. The largest absolute Gasteiger partial charge is 0.599 e. The van der Waals surface area contributed by atoms with E-state index in [9.17, 15) is 5.21 Å². The van der Waals surface area contributed by atoms with Crippen molar-refractivity contribution in [1.29, 1.82) is 0 Å². The van der Waals surface area contributed by atoms with Gasteiger partial charge in [0.25, 0.3) is 0 Å². The molecule has 1 aliphatic heterocycles. The molecule has 5 aliphatic rings. The minimum absolute atomic E-state index is 0.0908. The van der Waals surface area contributed by atoms with E-state index in [4.69, 9.17) is 0 Å². The van der Waals surface area contributed by atoms with Gasteiger partial charge in [-0.05, 0) is 47.0 Å². The summed E-state index contributed by atoms with van der Waals surface area (Å²) >= 11 is 0. The second kappa shape index (κ2) is 2.60. The summed E-state index contributed by atoms with van der Waals surface area (Å²) in [6.45, 7) is 9.38. The lowest BCUT2D eigenvalue weighted by atomic mass is 9.57. The molecule has 0 amide bonds. The molecule has 8 atom stereocenters. The van der Waals surface area contributed by atoms with Crippen molar-refractivity contribution >= 4 is 0 Å². The van der Waals surface area contributed by atoms with Crippen molar-refractivity contribution in [2.75, 3.05) is 0 Å². The number of hydrogen-bond donors (Lipinski definition) is 0. The molecule has 19 heavy (non-hydrogen) atoms. The minimum atomic E-state index is -0.249. The van der Waals surface area contributed by atoms with Crippen LogP contribution in [-0.2, 0) is 0 Å². The molecule has 4 fully saturated rings. The van der Waals surface area contributed by atoms with Crippen molar-refractivity contribution in [3.8, 4) is 0 Å². The van der Waals surface area contributed by atoms with Crippen LogP contribution in [0.2, 0.25) is 0 Å². The highest BCUT2D eigenvalue weighted by atomic mass is 16.5. The summed E-state index contributed by atoms with van der Waals surface area (Å²) in [7, 11) is 0. The van der Waals surface area contributed by atoms with E-state index in [1.54, 1.807) is 0 Å². The van der Waals surface area contributed by atoms with Crippen molar-refractivity contribution in [2.24, 2.45) is 45.5 Å². The molecule has 3 nitrogen and oxygen atoms in total. The Morgan fingerprint density at radius 1 is 1.00 bits per heavy atom. The highest BCUT2D eigenvalue weighted by molar-refractivity contribution is 5.35. The highest BCUT2D eigenvalue weighted by Crippen LogP contribution is 2.87. The van der Waals surface area contributed by atoms with Gasteiger partial charge in [0.2, 0.25) is 5.54 Å². The lowest BCUT2D eigenvalue weighted by molar-refractivity contribution is -0.615. The summed E-state index contributed by atoms with van der Waals surface area (Å²) < 4.78 is 0. The van der Waals surface area contributed by atoms with Crippen molar-refractivity contribution in [3.63, 3.8) is 0 Å². The Kier molecular flexibility index (Phi) is 1.52. The molecule has 104 valence electrons. The fourth-order valence-corrected chi connectivity index (χ4v) is 7.50. The van der Waals surface area contributed by atoms with Crippen LogP contribution >= 0.6 is 0 Å². The van der Waals surface area contributed by atoms with E-state index in [1.807, 2.05) is 0 Å². The first-order valence-corrected chi connectivity index (χ1v) is 8.05. The van der Waals surface area contributed by atoms with Crippen LogP contribution in [0.4, 0.5) is 0 Å². The molecule has 4 unspecified atom stereocenters. The summed E-state index contributed by atoms with van der Waals surface area (Å²) in [6, 6.07) is 0.347. The van der Waals surface area contributed by atoms with Crippen LogP contribution < -0.4 is 0 Å². The maximum atomic E-state index is 12.6. The molecule has 0 spiro atoms. The zero-order valence-corrected chi connectivity index (χ0v) is 12.4. The molecule has 0 bridgehead atoms. The normalized spacial score (nSPS) is 66.6. The number of rotatable bonds is 0. The molecular formula is C16H24N2O. The number of hydrogen-bond acceptors (Lipinski definition) is 2. The van der Waals surface area contributed by atoms with E-state index in [1.165, 1.54) is 19.3 Å². The zero-order valence-electron chi connectivity index (χ0n) is 12.4. The third kappa shape index (κ3) is 0.766. The van der Waals surface area contributed by atoms with Gasteiger partial charge in [-0.15, -0.1) is 0 Å². The van der Waals surface area contributed by atoms with Gasteiger partial charge in [-0.2, -0.15) is 0 Å². The van der Waals surface area contributed by atoms with Gasteiger partial charge in [-0.25, -0.2) is 0 Å². The van der Waals surface area contributed by atoms with Crippen LogP contribution in [0.25, 0.3) is 0 Å². The lowest BCUT2D eigenvalue weighted by Gasteiger charge is -2.45. The van der Waals surface area contributed by atoms with E-state index in [0.29, 0.717) is 17.4 Å². The van der Waals surface area contributed by atoms with Crippen molar-refractivity contribution in [1.82, 2.24) is 0 Å². The van der Waals surface area contributed by atoms with E-state index >= 15 is 0 Å². The van der Waals surface area contributed by atoms with Crippen LogP contribution in [0.15, 0.2) is 5.11 Å². The number of azo groups is 1. The summed E-state index contributed by atoms with van der Waals surface area (Å²) in [5, 5.41) is 17.3. The molecule has 4 aliphatic carbocycles. The van der Waals surface area contributed by atoms with Crippen LogP contribution in [-0.4, -0.2) is 16.4 Å². The molecule has 0 aromatic carbocycles. The predicted molar refractivity (Wildman–Crippen MR) is 71.4 cm³/mol. The van der Waals surface area contributed by atoms with Crippen LogP contribution in [0, 0.1) is 45.6 Å². The fourth-order valence-electron chi connectivity index (χ4n) is 7.50. The molecule has 5 rings (SSSR count). The molecule has 0 aromatic heterocycles. The first-order valence-electron chi connectivity index (χ1n) is 8.05. The van der Waals surface area contributed by atoms with E-state index in [0.717, 1.165) is 28.5 Å². The number of hydroxylamine groups is 1. The van der Waals surface area contributed by atoms with Crippen LogP contribution in [0.1, 0.15) is 47.0 Å². The Balaban J connectivity index is 1.77. The summed E-state index contributed by atoms with van der Waals surface area (Å²) in [5.41, 5.74) is 0.238. The first kappa shape index (κ1) is 11.1. The molecule has 4 saturated carbocycles. The monoisotopic (exact) mass is 260 g/mol. The van der Waals surface area contributed by atoms with Gasteiger partial charge in [0.15, 0.2) is 0 Å². The van der Waals surface area contributed by atoms with Crippen LogP contribution in [0.5, 0.6) is 0 Å². The van der Waals surface area contributed by atoms with Crippen LogP contribution in [0.3, 0.4) is 0 Å². The maximum absolute atomic E-state index is 12.6. The Bertz CT molecular complexity index is 527. The minimum Gasteiger partial charge on any atom is -0.599 e. The first-order chi connectivity index (χ1) is 8.87. The Labute approximate surface area is 115 Å². The lowest BCUT2D eigenvalue weighted by Crippen LogP contribution is -2.56. The Hall–Kier alpha value is -0.600. The Morgan fingerprint density at radius 3 is 2.42 bits per heavy atom. The second-order valence-corrected chi connectivity index (χ2v) is 8.77. The van der Waals surface area contributed by atoms with Crippen molar-refractivity contribution in [2.45, 2.75) is 58.5 Å². The highest BCUT2D eigenvalue weighted by Gasteiger charge is 2.92. The van der Waals surface area contributed by atoms with Crippen molar-refractivity contribution in [3.05, 3.63) is 5.21 Å². The average Bonchev–Trinajstić information content (AvgIpc) is 2.68. The second-order valence-electron chi connectivity index (χ2n) is 8.77. The topological polar surface area (TPSA) is 38.4 Å². The van der Waals surface area contributed by atoms with Gasteiger partial charge in [0.05, 0.1) is 5.92 Å². The van der Waals surface area contributed by atoms with Gasteiger partial charge in [0, 0.05) is 12.3 Å². The average molecular weight is 260 g/mol. The third-order valence-electron chi connectivity index (χ3n) is 8.84. The van der Waals surface area contributed by atoms with Gasteiger partial charge in [-0.3, -0.25) is 0 Å². The predicted octanol–water partition coefficient (Wildman–Crippen LogP) is 3.43. The van der Waals surface area contributed by atoms with Crippen molar-refractivity contribution < 1.29 is 4.86 Å². The SMILES string of the molecule is CC12C3C4CCC[C@H]4[C@H]4N=[N+]([O-])[C@](C)(C4[C@H]31)C2(C)C. The number of nitrogens with zero attached hydrogens (tertiary/aromatic N) is 2. The molecule has 0 radical (unpaired) electrons. The molecule has 0 aromatic rings. The quantitative estimate of drug-likeness (QED) is 0.486. The van der Waals surface area contributed by atoms with Gasteiger partial charge < -0.3 is 5.21 Å². The fraction of sp³-hybridized carbons (Fsp3) is 1.00. The molecule has 3 heteroatoms. The smallest absolute Gasteiger partial charge is 0.207 e. The number of fused-ring (bicyclic) bond motifs is 4.